The predicted octanol–water partition coefficient (Wildman–Crippen LogP) is 1.71. The van der Waals surface area contributed by atoms with Crippen molar-refractivity contribution in [1.82, 2.24) is 15.0 Å². The van der Waals surface area contributed by atoms with Gasteiger partial charge >= 0.3 is 0 Å². The van der Waals surface area contributed by atoms with Crippen LogP contribution in [0, 0.1) is 6.92 Å². The van der Waals surface area contributed by atoms with Crippen molar-refractivity contribution in [3.05, 3.63) is 34.4 Å². The molecule has 0 saturated heterocycles. The number of aromatic nitrogens is 3. The lowest BCUT2D eigenvalue weighted by Crippen LogP contribution is -2.28. The molecule has 8 heteroatoms. The molecule has 0 spiro atoms. The topological polar surface area (TPSA) is 68.1 Å². The fraction of sp³-hybridized carbons (Fsp3) is 0.273. The van der Waals surface area contributed by atoms with Crippen LogP contribution in [0.25, 0.3) is 0 Å². The lowest BCUT2D eigenvalue weighted by Gasteiger charge is -2.19. The summed E-state index contributed by atoms with van der Waals surface area (Å²) in [4.78, 5) is 0. The molecule has 19 heavy (non-hydrogen) atoms. The van der Waals surface area contributed by atoms with Gasteiger partial charge in [-0.25, -0.2) is 4.68 Å². The molecule has 0 atom stereocenters. The Morgan fingerprint density at radius 3 is 2.58 bits per heavy atom. The van der Waals surface area contributed by atoms with Crippen LogP contribution in [0.4, 0.5) is 5.69 Å². The van der Waals surface area contributed by atoms with Crippen molar-refractivity contribution in [2.45, 2.75) is 11.9 Å². The van der Waals surface area contributed by atoms with Crippen LogP contribution in [-0.4, -0.2) is 30.5 Å². The Hall–Kier alpha value is -1.41. The molecule has 0 radical (unpaired) electrons. The molecular weight excluding hydrogens is 332 g/mol. The van der Waals surface area contributed by atoms with E-state index in [4.69, 9.17) is 0 Å². The highest BCUT2D eigenvalue weighted by Crippen LogP contribution is 2.26. The second-order valence-electron chi connectivity index (χ2n) is 4.12. The fourth-order valence-corrected chi connectivity index (χ4v) is 3.90. The van der Waals surface area contributed by atoms with Gasteiger partial charge in [0.1, 0.15) is 0 Å². The third kappa shape index (κ3) is 2.50. The van der Waals surface area contributed by atoms with E-state index in [0.717, 1.165) is 5.56 Å². The summed E-state index contributed by atoms with van der Waals surface area (Å²) in [7, 11) is -0.662. The van der Waals surface area contributed by atoms with E-state index >= 15 is 0 Å². The van der Waals surface area contributed by atoms with Crippen LogP contribution >= 0.6 is 15.9 Å². The summed E-state index contributed by atoms with van der Waals surface area (Å²) in [5, 5.41) is 7.41. The highest BCUT2D eigenvalue weighted by molar-refractivity contribution is 9.10. The van der Waals surface area contributed by atoms with Crippen LogP contribution in [0.3, 0.4) is 0 Å². The smallest absolute Gasteiger partial charge is 0.268 e. The number of nitrogens with zero attached hydrogens (tertiary/aromatic N) is 4. The van der Waals surface area contributed by atoms with Crippen molar-refractivity contribution in [2.75, 3.05) is 11.4 Å². The van der Waals surface area contributed by atoms with Gasteiger partial charge in [-0.3, -0.25) is 4.31 Å². The molecule has 0 fully saturated rings. The van der Waals surface area contributed by atoms with Crippen molar-refractivity contribution < 1.29 is 8.42 Å². The predicted molar refractivity (Wildman–Crippen MR) is 75.5 cm³/mol. The average Bonchev–Trinajstić information content (AvgIpc) is 2.68. The number of rotatable bonds is 3. The van der Waals surface area contributed by atoms with Gasteiger partial charge in [-0.1, -0.05) is 17.3 Å². The van der Waals surface area contributed by atoms with E-state index in [2.05, 4.69) is 26.2 Å². The Kier molecular flexibility index (Phi) is 3.64. The first-order valence-corrected chi connectivity index (χ1v) is 7.68. The van der Waals surface area contributed by atoms with E-state index in [9.17, 15) is 8.42 Å². The van der Waals surface area contributed by atoms with Gasteiger partial charge in [0.05, 0.1) is 5.69 Å². The zero-order chi connectivity index (χ0) is 14.2. The summed E-state index contributed by atoms with van der Waals surface area (Å²) in [6, 6.07) is 7.26. The van der Waals surface area contributed by atoms with Crippen LogP contribution in [0.2, 0.25) is 0 Å². The third-order valence-corrected chi connectivity index (χ3v) is 5.38. The minimum Gasteiger partial charge on any atom is -0.268 e. The molecule has 0 bridgehead atoms. The largest absolute Gasteiger partial charge is 0.284 e. The average molecular weight is 345 g/mol. The molecule has 102 valence electrons. The van der Waals surface area contributed by atoms with E-state index in [0.29, 0.717) is 5.69 Å². The number of anilines is 1. The van der Waals surface area contributed by atoms with Gasteiger partial charge in [0.25, 0.3) is 10.0 Å². The van der Waals surface area contributed by atoms with E-state index in [1.807, 2.05) is 19.1 Å². The molecule has 1 heterocycles. The van der Waals surface area contributed by atoms with E-state index in [-0.39, 0.29) is 9.63 Å². The molecule has 0 unspecified atom stereocenters. The second-order valence-corrected chi connectivity index (χ2v) is 6.76. The first-order valence-electron chi connectivity index (χ1n) is 5.45. The summed E-state index contributed by atoms with van der Waals surface area (Å²) >= 11 is 3.11. The number of benzene rings is 1. The normalized spacial score (nSPS) is 11.6. The number of sulfonamides is 1. The summed E-state index contributed by atoms with van der Waals surface area (Å²) in [6.45, 7) is 1.91. The van der Waals surface area contributed by atoms with Gasteiger partial charge in [-0.05, 0) is 40.5 Å². The van der Waals surface area contributed by atoms with Crippen LogP contribution in [-0.2, 0) is 17.1 Å². The van der Waals surface area contributed by atoms with E-state index < -0.39 is 10.0 Å². The molecule has 1 aromatic heterocycles. The lowest BCUT2D eigenvalue weighted by atomic mass is 10.2. The van der Waals surface area contributed by atoms with Crippen molar-refractivity contribution >= 4 is 31.6 Å². The Morgan fingerprint density at radius 2 is 2.05 bits per heavy atom. The molecule has 0 N–H and O–H groups in total. The van der Waals surface area contributed by atoms with E-state index in [1.165, 1.54) is 23.1 Å². The van der Waals surface area contributed by atoms with Crippen molar-refractivity contribution in [3.63, 3.8) is 0 Å². The summed E-state index contributed by atoms with van der Waals surface area (Å²) < 4.78 is 27.7. The minimum atomic E-state index is -3.70. The van der Waals surface area contributed by atoms with Crippen LogP contribution in [0.15, 0.2) is 33.9 Å². The Balaban J connectivity index is 2.52. The molecule has 0 aliphatic carbocycles. The highest BCUT2D eigenvalue weighted by atomic mass is 79.9. The van der Waals surface area contributed by atoms with Gasteiger partial charge < -0.3 is 0 Å². The summed E-state index contributed by atoms with van der Waals surface area (Å²) in [5.74, 6) is 0. The maximum atomic E-state index is 12.5. The number of aryl methyl sites for hydroxylation is 2. The summed E-state index contributed by atoms with van der Waals surface area (Å²) in [6.07, 6.45) is 0. The van der Waals surface area contributed by atoms with Crippen LogP contribution in [0.5, 0.6) is 0 Å². The molecule has 0 aliphatic rings. The maximum Gasteiger partial charge on any atom is 0.284 e. The van der Waals surface area contributed by atoms with E-state index in [1.54, 1.807) is 12.1 Å². The van der Waals surface area contributed by atoms with Crippen LogP contribution < -0.4 is 4.31 Å². The molecule has 6 nitrogen and oxygen atoms in total. The third-order valence-electron chi connectivity index (χ3n) is 2.71. The highest BCUT2D eigenvalue weighted by Gasteiger charge is 2.28. The summed E-state index contributed by atoms with van der Waals surface area (Å²) in [5.41, 5.74) is 1.58. The molecule has 2 rings (SSSR count). The van der Waals surface area contributed by atoms with Crippen molar-refractivity contribution in [1.29, 1.82) is 0 Å². The van der Waals surface area contributed by atoms with Gasteiger partial charge in [0.2, 0.25) is 5.03 Å². The first-order chi connectivity index (χ1) is 8.84. The van der Waals surface area contributed by atoms with Crippen LogP contribution in [0.1, 0.15) is 5.56 Å². The quantitative estimate of drug-likeness (QED) is 0.849. The standard InChI is InChI=1S/C11H13BrN4O2S/c1-8-5-4-6-9(7-8)16(3)19(17,18)11-10(12)13-14-15(11)2/h4-7H,1-3H3. The molecule has 0 amide bonds. The Bertz CT molecular complexity index is 692. The monoisotopic (exact) mass is 344 g/mol. The molecular formula is C11H13BrN4O2S. The first kappa shape index (κ1) is 14.0. The van der Waals surface area contributed by atoms with Gasteiger partial charge in [-0.15, -0.1) is 5.10 Å². The lowest BCUT2D eigenvalue weighted by molar-refractivity contribution is 0.572. The number of hydrogen-bond acceptors (Lipinski definition) is 4. The zero-order valence-corrected chi connectivity index (χ0v) is 13.1. The SMILES string of the molecule is Cc1cccc(N(C)S(=O)(=O)c2c(Br)nnn2C)c1. The molecule has 2 aromatic rings. The van der Waals surface area contributed by atoms with Crippen molar-refractivity contribution in [3.8, 4) is 0 Å². The van der Waals surface area contributed by atoms with Crippen molar-refractivity contribution in [2.24, 2.45) is 7.05 Å². The van der Waals surface area contributed by atoms with Gasteiger partial charge in [0.15, 0.2) is 4.60 Å². The molecule has 0 saturated carbocycles. The fourth-order valence-electron chi connectivity index (χ4n) is 1.69. The van der Waals surface area contributed by atoms with Gasteiger partial charge in [-0.2, -0.15) is 8.42 Å². The second kappa shape index (κ2) is 4.93. The molecule has 0 aliphatic heterocycles. The number of halogens is 1. The number of hydrogen-bond donors (Lipinski definition) is 0. The molecule has 1 aromatic carbocycles. The Morgan fingerprint density at radius 1 is 1.37 bits per heavy atom. The minimum absolute atomic E-state index is 0.0245. The maximum absolute atomic E-state index is 12.5. The zero-order valence-electron chi connectivity index (χ0n) is 10.7. The van der Waals surface area contributed by atoms with Gasteiger partial charge in [0, 0.05) is 14.1 Å². The Labute approximate surface area is 120 Å².